The summed E-state index contributed by atoms with van der Waals surface area (Å²) in [6.07, 6.45) is 2.33. The smallest absolute Gasteiger partial charge is 0.346 e. The number of nitrogens with one attached hydrogen (secondary N) is 1. The number of carbonyl (C=O) groups excluding carboxylic acids is 2. The Balaban J connectivity index is 1.81. The third-order valence-electron chi connectivity index (χ3n) is 4.89. The fraction of sp³-hybridized carbons (Fsp3) is 0.348. The van der Waals surface area contributed by atoms with E-state index in [1.807, 2.05) is 13.8 Å². The van der Waals surface area contributed by atoms with Crippen molar-refractivity contribution >= 4 is 18.2 Å². The van der Waals surface area contributed by atoms with E-state index in [0.29, 0.717) is 41.6 Å². The van der Waals surface area contributed by atoms with Crippen LogP contribution in [0.5, 0.6) is 17.2 Å². The lowest BCUT2D eigenvalue weighted by Crippen LogP contribution is -2.40. The van der Waals surface area contributed by atoms with Crippen LogP contribution in [0.25, 0.3) is 0 Å². The van der Waals surface area contributed by atoms with E-state index in [0.717, 1.165) is 11.4 Å². The second kappa shape index (κ2) is 9.51. The van der Waals surface area contributed by atoms with Crippen molar-refractivity contribution in [3.8, 4) is 17.2 Å². The molecule has 31 heavy (non-hydrogen) atoms. The minimum atomic E-state index is -1.21. The van der Waals surface area contributed by atoms with Gasteiger partial charge in [-0.3, -0.25) is 4.79 Å². The van der Waals surface area contributed by atoms with Crippen molar-refractivity contribution in [2.24, 2.45) is 5.10 Å². The van der Waals surface area contributed by atoms with Gasteiger partial charge in [0.15, 0.2) is 11.5 Å². The van der Waals surface area contributed by atoms with Crippen molar-refractivity contribution in [2.75, 3.05) is 20.3 Å². The van der Waals surface area contributed by atoms with Crippen molar-refractivity contribution in [1.29, 1.82) is 0 Å². The number of hydrogen-bond donors (Lipinski definition) is 1. The zero-order chi connectivity index (χ0) is 22.4. The summed E-state index contributed by atoms with van der Waals surface area (Å²) in [4.78, 5) is 25.5. The summed E-state index contributed by atoms with van der Waals surface area (Å²) in [5.41, 5.74) is 0.0982. The maximum atomic E-state index is 13.0. The van der Waals surface area contributed by atoms with E-state index >= 15 is 0 Å². The third kappa shape index (κ3) is 4.63. The minimum absolute atomic E-state index is 0.466. The predicted molar refractivity (Wildman–Crippen MR) is 117 cm³/mol. The van der Waals surface area contributed by atoms with Crippen LogP contribution in [0.4, 0.5) is 4.79 Å². The molecule has 1 saturated heterocycles. The Labute approximate surface area is 181 Å². The molecular weight excluding hydrogens is 398 g/mol. The van der Waals surface area contributed by atoms with Crippen LogP contribution in [0.1, 0.15) is 38.3 Å². The van der Waals surface area contributed by atoms with Crippen molar-refractivity contribution in [1.82, 2.24) is 10.3 Å². The molecule has 1 aliphatic heterocycles. The summed E-state index contributed by atoms with van der Waals surface area (Å²) in [7, 11) is 1.56. The Morgan fingerprint density at radius 2 is 1.81 bits per heavy atom. The lowest BCUT2D eigenvalue weighted by molar-refractivity contribution is -0.131. The normalized spacial score (nSPS) is 18.4. The fourth-order valence-electron chi connectivity index (χ4n) is 3.18. The molecule has 0 aromatic heterocycles. The average molecular weight is 425 g/mol. The Kier molecular flexibility index (Phi) is 6.79. The first-order valence-electron chi connectivity index (χ1n) is 10.2. The molecule has 1 heterocycles. The van der Waals surface area contributed by atoms with Gasteiger partial charge in [-0.05, 0) is 61.7 Å². The van der Waals surface area contributed by atoms with Crippen LogP contribution < -0.4 is 19.5 Å². The number of methoxy groups -OCH3 is 1. The molecule has 1 atom stereocenters. The summed E-state index contributed by atoms with van der Waals surface area (Å²) >= 11 is 0. The third-order valence-corrected chi connectivity index (χ3v) is 4.89. The molecule has 8 nitrogen and oxygen atoms in total. The SMILES string of the molecule is CCCOc1ccc(/C=N\N2C(=O)N[C@](C)(c3ccc(OC)cc3)C2=O)cc1OCC. The van der Waals surface area contributed by atoms with Crippen molar-refractivity contribution in [2.45, 2.75) is 32.7 Å². The number of hydrogen-bond acceptors (Lipinski definition) is 6. The summed E-state index contributed by atoms with van der Waals surface area (Å²) in [6.45, 7) is 6.63. The van der Waals surface area contributed by atoms with Gasteiger partial charge in [0.2, 0.25) is 0 Å². The van der Waals surface area contributed by atoms with Crippen LogP contribution in [0.2, 0.25) is 0 Å². The number of amides is 3. The Morgan fingerprint density at radius 1 is 1.06 bits per heavy atom. The van der Waals surface area contributed by atoms with Crippen LogP contribution in [0.3, 0.4) is 0 Å². The van der Waals surface area contributed by atoms with Gasteiger partial charge in [-0.25, -0.2) is 4.79 Å². The highest BCUT2D eigenvalue weighted by atomic mass is 16.5. The topological polar surface area (TPSA) is 89.5 Å². The molecule has 0 spiro atoms. The molecule has 0 unspecified atom stereocenters. The molecule has 1 fully saturated rings. The van der Waals surface area contributed by atoms with E-state index in [-0.39, 0.29) is 0 Å². The van der Waals surface area contributed by atoms with Gasteiger partial charge in [-0.2, -0.15) is 5.10 Å². The van der Waals surface area contributed by atoms with Gasteiger partial charge < -0.3 is 19.5 Å². The average Bonchev–Trinajstić information content (AvgIpc) is 3.00. The van der Waals surface area contributed by atoms with Crippen molar-refractivity contribution in [3.05, 3.63) is 53.6 Å². The predicted octanol–water partition coefficient (Wildman–Crippen LogP) is 3.68. The molecule has 3 amide bonds. The number of urea groups is 1. The van der Waals surface area contributed by atoms with E-state index in [4.69, 9.17) is 14.2 Å². The molecule has 0 aliphatic carbocycles. The number of ether oxygens (including phenoxy) is 3. The second-order valence-electron chi connectivity index (χ2n) is 7.13. The molecule has 8 heteroatoms. The molecular formula is C23H27N3O5. The molecule has 2 aromatic rings. The van der Waals surface area contributed by atoms with Crippen molar-refractivity contribution in [3.63, 3.8) is 0 Å². The van der Waals surface area contributed by atoms with Crippen LogP contribution in [-0.4, -0.2) is 43.5 Å². The van der Waals surface area contributed by atoms with Gasteiger partial charge in [0.1, 0.15) is 11.3 Å². The van der Waals surface area contributed by atoms with Crippen LogP contribution in [0, 0.1) is 0 Å². The number of carbonyl (C=O) groups is 2. The zero-order valence-corrected chi connectivity index (χ0v) is 18.2. The monoisotopic (exact) mass is 425 g/mol. The quantitative estimate of drug-likeness (QED) is 0.489. The molecule has 1 aliphatic rings. The van der Waals surface area contributed by atoms with Gasteiger partial charge in [0.05, 0.1) is 26.5 Å². The number of imide groups is 1. The summed E-state index contributed by atoms with van der Waals surface area (Å²) in [6, 6.07) is 11.7. The van der Waals surface area contributed by atoms with E-state index in [2.05, 4.69) is 10.4 Å². The first-order valence-corrected chi connectivity index (χ1v) is 10.2. The van der Waals surface area contributed by atoms with E-state index in [1.54, 1.807) is 56.5 Å². The molecule has 0 saturated carbocycles. The van der Waals surface area contributed by atoms with E-state index in [9.17, 15) is 9.59 Å². The van der Waals surface area contributed by atoms with Crippen LogP contribution >= 0.6 is 0 Å². The Bertz CT molecular complexity index is 974. The van der Waals surface area contributed by atoms with E-state index < -0.39 is 17.5 Å². The van der Waals surface area contributed by atoms with Gasteiger partial charge in [0.25, 0.3) is 5.91 Å². The maximum Gasteiger partial charge on any atom is 0.346 e. The second-order valence-corrected chi connectivity index (χ2v) is 7.13. The van der Waals surface area contributed by atoms with Gasteiger partial charge in [0, 0.05) is 0 Å². The lowest BCUT2D eigenvalue weighted by Gasteiger charge is -2.21. The summed E-state index contributed by atoms with van der Waals surface area (Å²) < 4.78 is 16.5. The van der Waals surface area contributed by atoms with Gasteiger partial charge >= 0.3 is 6.03 Å². The fourth-order valence-corrected chi connectivity index (χ4v) is 3.18. The molecule has 164 valence electrons. The first kappa shape index (κ1) is 22.1. The molecule has 1 N–H and O–H groups in total. The Morgan fingerprint density at radius 3 is 2.45 bits per heavy atom. The number of hydrazone groups is 1. The number of nitrogens with zero attached hydrogens (tertiary/aromatic N) is 2. The molecule has 0 radical (unpaired) electrons. The lowest BCUT2D eigenvalue weighted by atomic mass is 9.92. The molecule has 0 bridgehead atoms. The zero-order valence-electron chi connectivity index (χ0n) is 18.2. The number of rotatable bonds is 9. The highest BCUT2D eigenvalue weighted by molar-refractivity contribution is 6.07. The highest BCUT2D eigenvalue weighted by Gasteiger charge is 2.49. The van der Waals surface area contributed by atoms with Gasteiger partial charge in [-0.1, -0.05) is 19.1 Å². The summed E-state index contributed by atoms with van der Waals surface area (Å²) in [5.74, 6) is 1.42. The van der Waals surface area contributed by atoms with Gasteiger partial charge in [-0.15, -0.1) is 5.01 Å². The first-order chi connectivity index (χ1) is 14.9. The maximum absolute atomic E-state index is 13.0. The van der Waals surface area contributed by atoms with Crippen LogP contribution in [-0.2, 0) is 10.3 Å². The largest absolute Gasteiger partial charge is 0.497 e. The molecule has 3 rings (SSSR count). The van der Waals surface area contributed by atoms with E-state index in [1.165, 1.54) is 6.21 Å². The van der Waals surface area contributed by atoms with Crippen LogP contribution in [0.15, 0.2) is 47.6 Å². The Hall–Kier alpha value is -3.55. The number of benzene rings is 2. The highest BCUT2D eigenvalue weighted by Crippen LogP contribution is 2.31. The minimum Gasteiger partial charge on any atom is -0.497 e. The standard InChI is InChI=1S/C23H27N3O5/c1-5-13-31-19-12-7-16(14-20(19)30-6-2)15-24-26-21(27)23(3,25-22(26)28)17-8-10-18(29-4)11-9-17/h7-12,14-15H,5-6,13H2,1-4H3,(H,25,28)/b24-15-/t23-/m1/s1. The summed E-state index contributed by atoms with van der Waals surface area (Å²) in [5, 5.41) is 7.69. The van der Waals surface area contributed by atoms with Crippen molar-refractivity contribution < 1.29 is 23.8 Å². The molecule has 2 aromatic carbocycles.